The molecule has 1 aliphatic rings. The van der Waals surface area contributed by atoms with Gasteiger partial charge in [0.25, 0.3) is 0 Å². The molecule has 0 aromatic heterocycles. The molecule has 130 valence electrons. The molecule has 5 heteroatoms. The smallest absolute Gasteiger partial charge is 0.306 e. The van der Waals surface area contributed by atoms with E-state index in [1.807, 2.05) is 32.1 Å². The van der Waals surface area contributed by atoms with E-state index in [1.165, 1.54) is 6.92 Å². The minimum absolute atomic E-state index is 0.0601. The largest absolute Gasteiger partial charge is 0.461 e. The number of rotatable bonds is 2. The van der Waals surface area contributed by atoms with Gasteiger partial charge in [-0.2, -0.15) is 0 Å². The maximum atomic E-state index is 11.6. The van der Waals surface area contributed by atoms with Crippen LogP contribution in [0, 0.1) is 5.92 Å². The number of carbonyl (C=O) groups excluding carboxylic acids is 2. The Bertz CT molecular complexity index is 452. The quantitative estimate of drug-likeness (QED) is 0.576. The van der Waals surface area contributed by atoms with Crippen LogP contribution in [0.15, 0.2) is 23.8 Å². The highest BCUT2D eigenvalue weighted by atomic mass is 16.6. The minimum Gasteiger partial charge on any atom is -0.461 e. The Morgan fingerprint density at radius 1 is 1.35 bits per heavy atom. The third-order valence-electron chi connectivity index (χ3n) is 3.75. The van der Waals surface area contributed by atoms with Gasteiger partial charge in [-0.1, -0.05) is 25.2 Å². The molecule has 0 amide bonds. The van der Waals surface area contributed by atoms with Crippen LogP contribution < -0.4 is 0 Å². The van der Waals surface area contributed by atoms with Crippen molar-refractivity contribution in [3.63, 3.8) is 0 Å². The van der Waals surface area contributed by atoms with Crippen molar-refractivity contribution in [2.24, 2.45) is 5.92 Å². The van der Waals surface area contributed by atoms with Crippen LogP contribution in [0.4, 0.5) is 0 Å². The average molecular weight is 324 g/mol. The fourth-order valence-corrected chi connectivity index (χ4v) is 2.61. The van der Waals surface area contributed by atoms with E-state index in [2.05, 4.69) is 0 Å². The highest BCUT2D eigenvalue weighted by molar-refractivity contribution is 5.69. The molecular formula is C18H28O5. The maximum Gasteiger partial charge on any atom is 0.306 e. The van der Waals surface area contributed by atoms with Gasteiger partial charge in [-0.05, 0) is 31.8 Å². The predicted octanol–water partition coefficient (Wildman–Crippen LogP) is 3.19. The number of esters is 2. The van der Waals surface area contributed by atoms with E-state index in [0.717, 1.165) is 24.8 Å². The van der Waals surface area contributed by atoms with E-state index in [4.69, 9.17) is 14.2 Å². The topological polar surface area (TPSA) is 61.8 Å². The molecule has 0 radical (unpaired) electrons. The first kappa shape index (κ1) is 19.4. The fourth-order valence-electron chi connectivity index (χ4n) is 2.61. The Morgan fingerprint density at radius 2 is 2.09 bits per heavy atom. The van der Waals surface area contributed by atoms with Crippen molar-refractivity contribution in [2.75, 3.05) is 13.7 Å². The van der Waals surface area contributed by atoms with Gasteiger partial charge in [0.1, 0.15) is 18.8 Å². The standard InChI is InChI=1S/C18H28O5/c1-13-11-14(2)18(23-15(3)19)16(21-4)9-7-5-6-8-10-17(20)22-12-13/h7,9,11,14,16,18H,5-6,8,10,12H2,1-4H3/b9-7+,13-11-/t14-,16?,18+/m1/s1. The fraction of sp³-hybridized carbons (Fsp3) is 0.667. The lowest BCUT2D eigenvalue weighted by atomic mass is 9.96. The molecule has 0 saturated carbocycles. The molecule has 0 aromatic rings. The van der Waals surface area contributed by atoms with Crippen molar-refractivity contribution in [2.45, 2.75) is 58.7 Å². The van der Waals surface area contributed by atoms with Crippen LogP contribution in [-0.4, -0.2) is 37.9 Å². The molecule has 0 fully saturated rings. The SMILES string of the molecule is COC1/C=C/CCCCC(=O)OC/C(C)=C\[C@@H](C)[C@@H]1OC(C)=O. The van der Waals surface area contributed by atoms with Gasteiger partial charge in [-0.25, -0.2) is 0 Å². The van der Waals surface area contributed by atoms with Crippen molar-refractivity contribution in [1.29, 1.82) is 0 Å². The van der Waals surface area contributed by atoms with E-state index >= 15 is 0 Å². The van der Waals surface area contributed by atoms with Crippen LogP contribution in [0.3, 0.4) is 0 Å². The zero-order chi connectivity index (χ0) is 17.2. The number of methoxy groups -OCH3 is 1. The molecule has 0 bridgehead atoms. The average Bonchev–Trinajstić information content (AvgIpc) is 2.49. The van der Waals surface area contributed by atoms with Crippen LogP contribution in [0.5, 0.6) is 0 Å². The first-order valence-electron chi connectivity index (χ1n) is 8.13. The van der Waals surface area contributed by atoms with Gasteiger partial charge < -0.3 is 14.2 Å². The molecule has 1 aliphatic heterocycles. The van der Waals surface area contributed by atoms with Crippen LogP contribution in [0.1, 0.15) is 46.5 Å². The summed E-state index contributed by atoms with van der Waals surface area (Å²) in [5.41, 5.74) is 0.930. The van der Waals surface area contributed by atoms with E-state index in [1.54, 1.807) is 7.11 Å². The molecule has 0 N–H and O–H groups in total. The van der Waals surface area contributed by atoms with Crippen molar-refractivity contribution in [1.82, 2.24) is 0 Å². The predicted molar refractivity (Wildman–Crippen MR) is 87.8 cm³/mol. The van der Waals surface area contributed by atoms with Gasteiger partial charge in [0.15, 0.2) is 0 Å². The number of hydrogen-bond donors (Lipinski definition) is 0. The molecule has 1 heterocycles. The van der Waals surface area contributed by atoms with Crippen LogP contribution in [0.25, 0.3) is 0 Å². The van der Waals surface area contributed by atoms with E-state index in [9.17, 15) is 9.59 Å². The maximum absolute atomic E-state index is 11.6. The van der Waals surface area contributed by atoms with Gasteiger partial charge in [0.05, 0.1) is 0 Å². The Hall–Kier alpha value is -1.62. The van der Waals surface area contributed by atoms with Gasteiger partial charge in [-0.15, -0.1) is 0 Å². The number of carbonyl (C=O) groups is 2. The summed E-state index contributed by atoms with van der Waals surface area (Å²) >= 11 is 0. The molecule has 1 rings (SSSR count). The Morgan fingerprint density at radius 3 is 2.74 bits per heavy atom. The third kappa shape index (κ3) is 7.46. The second kappa shape index (κ2) is 10.2. The number of ether oxygens (including phenoxy) is 3. The summed E-state index contributed by atoms with van der Waals surface area (Å²) < 4.78 is 16.2. The van der Waals surface area contributed by atoms with Crippen molar-refractivity contribution in [3.8, 4) is 0 Å². The molecule has 0 saturated heterocycles. The lowest BCUT2D eigenvalue weighted by molar-refractivity contribution is -0.154. The second-order valence-corrected chi connectivity index (χ2v) is 5.98. The lowest BCUT2D eigenvalue weighted by Crippen LogP contribution is -2.36. The van der Waals surface area contributed by atoms with Gasteiger partial charge in [0, 0.05) is 26.4 Å². The van der Waals surface area contributed by atoms with E-state index < -0.39 is 6.10 Å². The molecular weight excluding hydrogens is 296 g/mol. The molecule has 5 nitrogen and oxygen atoms in total. The minimum atomic E-state index is -0.414. The molecule has 3 atom stereocenters. The lowest BCUT2D eigenvalue weighted by Gasteiger charge is -2.27. The van der Waals surface area contributed by atoms with Crippen LogP contribution in [0.2, 0.25) is 0 Å². The Balaban J connectivity index is 2.97. The first-order chi connectivity index (χ1) is 10.9. The van der Waals surface area contributed by atoms with Gasteiger partial charge in [0.2, 0.25) is 0 Å². The summed E-state index contributed by atoms with van der Waals surface area (Å²) in [6, 6.07) is 0. The molecule has 1 unspecified atom stereocenters. The monoisotopic (exact) mass is 324 g/mol. The zero-order valence-electron chi connectivity index (χ0n) is 14.5. The second-order valence-electron chi connectivity index (χ2n) is 5.98. The molecule has 0 aliphatic carbocycles. The van der Waals surface area contributed by atoms with Crippen molar-refractivity contribution >= 4 is 11.9 Å². The van der Waals surface area contributed by atoms with E-state index in [0.29, 0.717) is 6.42 Å². The van der Waals surface area contributed by atoms with Gasteiger partial charge >= 0.3 is 11.9 Å². The van der Waals surface area contributed by atoms with E-state index in [-0.39, 0.29) is 30.6 Å². The summed E-state index contributed by atoms with van der Waals surface area (Å²) in [6.45, 7) is 5.53. The summed E-state index contributed by atoms with van der Waals surface area (Å²) in [7, 11) is 1.61. The Kier molecular flexibility index (Phi) is 8.62. The zero-order valence-corrected chi connectivity index (χ0v) is 14.5. The first-order valence-corrected chi connectivity index (χ1v) is 8.13. The summed E-state index contributed by atoms with van der Waals surface area (Å²) in [5, 5.41) is 0. The number of cyclic esters (lactones) is 1. The molecule has 0 spiro atoms. The Labute approximate surface area is 138 Å². The number of hydrogen-bond acceptors (Lipinski definition) is 5. The summed E-state index contributed by atoms with van der Waals surface area (Å²) in [4.78, 5) is 23.1. The number of allylic oxidation sites excluding steroid dienone is 1. The highest BCUT2D eigenvalue weighted by Crippen LogP contribution is 2.20. The summed E-state index contributed by atoms with van der Waals surface area (Å²) in [6.07, 6.45) is 8.21. The third-order valence-corrected chi connectivity index (χ3v) is 3.75. The van der Waals surface area contributed by atoms with Crippen LogP contribution >= 0.6 is 0 Å². The highest BCUT2D eigenvalue weighted by Gasteiger charge is 2.27. The molecule has 0 aromatic carbocycles. The summed E-state index contributed by atoms with van der Waals surface area (Å²) in [5.74, 6) is -0.566. The van der Waals surface area contributed by atoms with Crippen molar-refractivity contribution in [3.05, 3.63) is 23.8 Å². The van der Waals surface area contributed by atoms with Crippen LogP contribution in [-0.2, 0) is 23.8 Å². The normalized spacial score (nSPS) is 31.2. The van der Waals surface area contributed by atoms with Crippen molar-refractivity contribution < 1.29 is 23.8 Å². The van der Waals surface area contributed by atoms with Gasteiger partial charge in [-0.3, -0.25) is 9.59 Å². The molecule has 23 heavy (non-hydrogen) atoms.